The molecule has 0 aliphatic heterocycles. The van der Waals surface area contributed by atoms with Crippen molar-refractivity contribution in [1.82, 2.24) is 16.0 Å². The van der Waals surface area contributed by atoms with Crippen LogP contribution in [0.15, 0.2) is 34.2 Å². The number of nitrogens with two attached hydrogens (primary N) is 1. The van der Waals surface area contributed by atoms with Gasteiger partial charge in [0, 0.05) is 18.6 Å². The molecule has 0 fully saturated rings. The molecule has 10 heteroatoms. The molecular weight excluding hydrogens is 481 g/mol. The Labute approximate surface area is 178 Å². The first-order valence-electron chi connectivity index (χ1n) is 8.46. The molecule has 5 N–H and O–H groups in total. The molecule has 1 amide bonds. The predicted molar refractivity (Wildman–Crippen MR) is 119 cm³/mol. The van der Waals surface area contributed by atoms with Crippen LogP contribution in [0.2, 0.25) is 0 Å². The van der Waals surface area contributed by atoms with Crippen LogP contribution < -0.4 is 21.1 Å². The number of primary sulfonamides is 1. The van der Waals surface area contributed by atoms with E-state index in [0.29, 0.717) is 25.5 Å². The summed E-state index contributed by atoms with van der Waals surface area (Å²) in [5.74, 6) is 0.408. The van der Waals surface area contributed by atoms with E-state index in [2.05, 4.69) is 20.9 Å². The van der Waals surface area contributed by atoms with Crippen molar-refractivity contribution in [3.8, 4) is 0 Å². The monoisotopic (exact) mass is 511 g/mol. The molecule has 0 heterocycles. The summed E-state index contributed by atoms with van der Waals surface area (Å²) < 4.78 is 22.5. The van der Waals surface area contributed by atoms with Gasteiger partial charge in [-0.25, -0.2) is 18.5 Å². The quantitative estimate of drug-likeness (QED) is 0.247. The Balaban J connectivity index is 0.00000676. The molecule has 0 aliphatic carbocycles. The van der Waals surface area contributed by atoms with Crippen LogP contribution in [-0.2, 0) is 21.2 Å². The number of benzene rings is 1. The van der Waals surface area contributed by atoms with Gasteiger partial charge in [-0.15, -0.1) is 24.0 Å². The number of sulfonamides is 1. The molecule has 0 saturated heterocycles. The summed E-state index contributed by atoms with van der Waals surface area (Å²) in [6, 6.07) is 6.42. The molecule has 0 radical (unpaired) electrons. The standard InChI is InChI=1S/C17H29N5O3S.HI/c1-5-19-16(21-12-15(23)22-17(2,3)4)20-11-10-13-6-8-14(9-7-13)26(18,24)25;/h6-9H,5,10-12H2,1-4H3,(H,22,23)(H2,18,24,25)(H2,19,20,21);1H. The Morgan fingerprint density at radius 2 is 1.74 bits per heavy atom. The van der Waals surface area contributed by atoms with E-state index in [0.717, 1.165) is 5.56 Å². The van der Waals surface area contributed by atoms with Gasteiger partial charge >= 0.3 is 0 Å². The number of carbonyl (C=O) groups is 1. The number of hydrogen-bond acceptors (Lipinski definition) is 4. The number of carbonyl (C=O) groups excluding carboxylic acids is 1. The van der Waals surface area contributed by atoms with E-state index in [1.165, 1.54) is 12.1 Å². The highest BCUT2D eigenvalue weighted by molar-refractivity contribution is 14.0. The van der Waals surface area contributed by atoms with E-state index in [9.17, 15) is 13.2 Å². The zero-order chi connectivity index (χ0) is 19.8. The molecule has 0 aromatic heterocycles. The zero-order valence-electron chi connectivity index (χ0n) is 16.2. The Hall–Kier alpha value is -1.40. The first-order valence-corrected chi connectivity index (χ1v) is 10.0. The lowest BCUT2D eigenvalue weighted by Gasteiger charge is -2.20. The lowest BCUT2D eigenvalue weighted by molar-refractivity contribution is -0.121. The van der Waals surface area contributed by atoms with E-state index >= 15 is 0 Å². The average Bonchev–Trinajstić information content (AvgIpc) is 2.50. The van der Waals surface area contributed by atoms with Crippen LogP contribution in [0.5, 0.6) is 0 Å². The fourth-order valence-corrected chi connectivity index (χ4v) is 2.64. The highest BCUT2D eigenvalue weighted by atomic mass is 127. The number of halogens is 1. The lowest BCUT2D eigenvalue weighted by Crippen LogP contribution is -2.43. The van der Waals surface area contributed by atoms with Gasteiger partial charge in [-0.1, -0.05) is 12.1 Å². The van der Waals surface area contributed by atoms with E-state index in [1.807, 2.05) is 27.7 Å². The summed E-state index contributed by atoms with van der Waals surface area (Å²) in [6.07, 6.45) is 0.670. The molecule has 1 aromatic rings. The minimum atomic E-state index is -3.67. The maximum absolute atomic E-state index is 11.8. The largest absolute Gasteiger partial charge is 0.357 e. The number of hydrogen-bond donors (Lipinski definition) is 4. The molecule has 27 heavy (non-hydrogen) atoms. The maximum Gasteiger partial charge on any atom is 0.242 e. The molecular formula is C17H30IN5O3S. The SMILES string of the molecule is CCNC(=NCC(=O)NC(C)(C)C)NCCc1ccc(S(N)(=O)=O)cc1.I. The van der Waals surface area contributed by atoms with Crippen LogP contribution in [0.4, 0.5) is 0 Å². The molecule has 0 bridgehead atoms. The highest BCUT2D eigenvalue weighted by Gasteiger charge is 2.13. The second-order valence-electron chi connectivity index (χ2n) is 6.86. The topological polar surface area (TPSA) is 126 Å². The molecule has 0 spiro atoms. The molecule has 0 aliphatic rings. The Morgan fingerprint density at radius 1 is 1.15 bits per heavy atom. The van der Waals surface area contributed by atoms with Gasteiger partial charge in [-0.2, -0.15) is 0 Å². The first-order chi connectivity index (χ1) is 12.0. The van der Waals surface area contributed by atoms with Crippen molar-refractivity contribution in [3.63, 3.8) is 0 Å². The molecule has 0 saturated carbocycles. The van der Waals surface area contributed by atoms with Crippen molar-refractivity contribution in [1.29, 1.82) is 0 Å². The molecule has 1 aromatic carbocycles. The first kappa shape index (κ1) is 25.6. The van der Waals surface area contributed by atoms with Gasteiger partial charge in [0.15, 0.2) is 5.96 Å². The molecule has 0 atom stereocenters. The van der Waals surface area contributed by atoms with Crippen molar-refractivity contribution in [2.75, 3.05) is 19.6 Å². The summed E-state index contributed by atoms with van der Waals surface area (Å²) in [5, 5.41) is 14.2. The summed E-state index contributed by atoms with van der Waals surface area (Å²) in [4.78, 5) is 16.2. The van der Waals surface area contributed by atoms with Gasteiger partial charge in [0.25, 0.3) is 0 Å². The predicted octanol–water partition coefficient (Wildman–Crippen LogP) is 0.964. The highest BCUT2D eigenvalue weighted by Crippen LogP contribution is 2.08. The van der Waals surface area contributed by atoms with E-state index in [-0.39, 0.29) is 46.9 Å². The lowest BCUT2D eigenvalue weighted by atomic mass is 10.1. The second-order valence-corrected chi connectivity index (χ2v) is 8.42. The third kappa shape index (κ3) is 11.1. The number of rotatable bonds is 7. The molecule has 8 nitrogen and oxygen atoms in total. The average molecular weight is 511 g/mol. The number of guanidine groups is 1. The van der Waals surface area contributed by atoms with E-state index < -0.39 is 10.0 Å². The normalized spacial score (nSPS) is 12.1. The minimum absolute atomic E-state index is 0. The van der Waals surface area contributed by atoms with Gasteiger partial charge < -0.3 is 16.0 Å². The molecule has 154 valence electrons. The fraction of sp³-hybridized carbons (Fsp3) is 0.529. The summed E-state index contributed by atoms with van der Waals surface area (Å²) >= 11 is 0. The summed E-state index contributed by atoms with van der Waals surface area (Å²) in [7, 11) is -3.67. The number of nitrogens with zero attached hydrogens (tertiary/aromatic N) is 1. The minimum Gasteiger partial charge on any atom is -0.357 e. The Kier molecular flexibility index (Phi) is 10.9. The summed E-state index contributed by atoms with van der Waals surface area (Å²) in [6.45, 7) is 8.99. The van der Waals surface area contributed by atoms with Crippen LogP contribution in [-0.4, -0.2) is 45.5 Å². The van der Waals surface area contributed by atoms with Gasteiger partial charge in [-0.05, 0) is 51.8 Å². The summed E-state index contributed by atoms with van der Waals surface area (Å²) in [5.41, 5.74) is 0.674. The van der Waals surface area contributed by atoms with Crippen molar-refractivity contribution in [3.05, 3.63) is 29.8 Å². The second kappa shape index (κ2) is 11.4. The molecule has 0 unspecified atom stereocenters. The van der Waals surface area contributed by atoms with Crippen LogP contribution in [0.1, 0.15) is 33.3 Å². The van der Waals surface area contributed by atoms with Crippen molar-refractivity contribution < 1.29 is 13.2 Å². The fourth-order valence-electron chi connectivity index (χ4n) is 2.12. The number of aliphatic imine (C=N–C) groups is 1. The third-order valence-corrected chi connectivity index (χ3v) is 4.13. The van der Waals surface area contributed by atoms with Crippen molar-refractivity contribution >= 4 is 45.9 Å². The van der Waals surface area contributed by atoms with Gasteiger partial charge in [0.1, 0.15) is 6.54 Å². The smallest absolute Gasteiger partial charge is 0.242 e. The Bertz CT molecular complexity index is 728. The van der Waals surface area contributed by atoms with E-state index in [1.54, 1.807) is 12.1 Å². The van der Waals surface area contributed by atoms with Crippen LogP contribution in [0.25, 0.3) is 0 Å². The molecule has 1 rings (SSSR count). The van der Waals surface area contributed by atoms with Gasteiger partial charge in [-0.3, -0.25) is 4.79 Å². The van der Waals surface area contributed by atoms with E-state index in [4.69, 9.17) is 5.14 Å². The number of nitrogens with one attached hydrogen (secondary N) is 3. The van der Waals surface area contributed by atoms with Crippen LogP contribution in [0, 0.1) is 0 Å². The zero-order valence-corrected chi connectivity index (χ0v) is 19.4. The van der Waals surface area contributed by atoms with Crippen molar-refractivity contribution in [2.45, 2.75) is 44.6 Å². The third-order valence-electron chi connectivity index (χ3n) is 3.20. The van der Waals surface area contributed by atoms with Gasteiger partial charge in [0.2, 0.25) is 15.9 Å². The van der Waals surface area contributed by atoms with Crippen LogP contribution >= 0.6 is 24.0 Å². The van der Waals surface area contributed by atoms with Crippen molar-refractivity contribution in [2.24, 2.45) is 10.1 Å². The maximum atomic E-state index is 11.8. The van der Waals surface area contributed by atoms with Gasteiger partial charge in [0.05, 0.1) is 4.90 Å². The Morgan fingerprint density at radius 3 is 2.22 bits per heavy atom. The van der Waals surface area contributed by atoms with Crippen LogP contribution in [0.3, 0.4) is 0 Å². The number of amides is 1.